The first-order valence-corrected chi connectivity index (χ1v) is 11.4. The van der Waals surface area contributed by atoms with Crippen LogP contribution in [0.15, 0.2) is 48.5 Å². The zero-order valence-corrected chi connectivity index (χ0v) is 19.4. The Labute approximate surface area is 199 Å². The number of carbonyl (C=O) groups is 1. The van der Waals surface area contributed by atoms with Crippen molar-refractivity contribution in [3.63, 3.8) is 0 Å². The van der Waals surface area contributed by atoms with Gasteiger partial charge in [-0.05, 0) is 74.1 Å². The minimum absolute atomic E-state index is 0.143. The van der Waals surface area contributed by atoms with Crippen LogP contribution in [0, 0.1) is 42.4 Å². The molecule has 1 fully saturated rings. The van der Waals surface area contributed by atoms with Crippen molar-refractivity contribution in [3.8, 4) is 23.4 Å². The summed E-state index contributed by atoms with van der Waals surface area (Å²) in [4.78, 5) is 14.7. The second kappa shape index (κ2) is 10.1. The van der Waals surface area contributed by atoms with E-state index in [1.54, 1.807) is 36.4 Å². The minimum Gasteiger partial charge on any atom is -0.355 e. The van der Waals surface area contributed by atoms with Gasteiger partial charge in [-0.1, -0.05) is 18.2 Å². The summed E-state index contributed by atoms with van der Waals surface area (Å²) >= 11 is 0. The fourth-order valence-corrected chi connectivity index (χ4v) is 4.29. The molecule has 7 nitrogen and oxygen atoms in total. The molecular weight excluding hydrogens is 424 g/mol. The number of aromatic nitrogens is 2. The molecule has 1 aliphatic heterocycles. The second-order valence-corrected chi connectivity index (χ2v) is 8.64. The first-order valence-electron chi connectivity index (χ1n) is 11.4. The predicted molar refractivity (Wildman–Crippen MR) is 130 cm³/mol. The van der Waals surface area contributed by atoms with Gasteiger partial charge in [0.05, 0.1) is 29.0 Å². The Kier molecular flexibility index (Phi) is 6.85. The highest BCUT2D eigenvalue weighted by Crippen LogP contribution is 2.30. The first-order chi connectivity index (χ1) is 16.5. The summed E-state index contributed by atoms with van der Waals surface area (Å²) in [6.45, 7) is 6.47. The summed E-state index contributed by atoms with van der Waals surface area (Å²) in [5.41, 5.74) is 5.61. The van der Waals surface area contributed by atoms with Crippen molar-refractivity contribution in [2.24, 2.45) is 5.92 Å². The molecular formula is C27H26N6O. The molecule has 0 saturated carbocycles. The van der Waals surface area contributed by atoms with Crippen LogP contribution in [0.3, 0.4) is 0 Å². The Balaban J connectivity index is 1.36. The van der Waals surface area contributed by atoms with E-state index in [9.17, 15) is 4.79 Å². The van der Waals surface area contributed by atoms with Crippen LogP contribution in [0.1, 0.15) is 45.5 Å². The largest absolute Gasteiger partial charge is 0.355 e. The van der Waals surface area contributed by atoms with Crippen molar-refractivity contribution in [1.82, 2.24) is 15.5 Å². The number of rotatable bonds is 5. The van der Waals surface area contributed by atoms with Crippen molar-refractivity contribution >= 4 is 11.7 Å². The molecule has 1 aliphatic rings. The Bertz CT molecular complexity index is 1280. The van der Waals surface area contributed by atoms with Gasteiger partial charge in [0.25, 0.3) is 5.91 Å². The van der Waals surface area contributed by atoms with E-state index < -0.39 is 0 Å². The molecule has 1 amide bonds. The Hall–Kier alpha value is -4.23. The quantitative estimate of drug-likeness (QED) is 0.626. The van der Waals surface area contributed by atoms with E-state index in [4.69, 9.17) is 10.5 Å². The number of hydrogen-bond donors (Lipinski definition) is 1. The molecule has 1 N–H and O–H groups in total. The van der Waals surface area contributed by atoms with E-state index in [0.717, 1.165) is 54.1 Å². The monoisotopic (exact) mass is 450 g/mol. The first kappa shape index (κ1) is 22.9. The van der Waals surface area contributed by atoms with Gasteiger partial charge in [-0.25, -0.2) is 0 Å². The van der Waals surface area contributed by atoms with Gasteiger partial charge in [0.1, 0.15) is 0 Å². The molecule has 0 unspecified atom stereocenters. The molecule has 0 spiro atoms. The van der Waals surface area contributed by atoms with Crippen LogP contribution in [0.5, 0.6) is 0 Å². The minimum atomic E-state index is -0.143. The van der Waals surface area contributed by atoms with Crippen molar-refractivity contribution in [1.29, 1.82) is 10.5 Å². The number of piperidine rings is 1. The molecule has 1 saturated heterocycles. The predicted octanol–water partition coefficient (Wildman–Crippen LogP) is 4.15. The van der Waals surface area contributed by atoms with E-state index >= 15 is 0 Å². The number of carbonyl (C=O) groups excluding carboxylic acids is 1. The normalized spacial score (nSPS) is 13.7. The second-order valence-electron chi connectivity index (χ2n) is 8.64. The Morgan fingerprint density at radius 2 is 1.71 bits per heavy atom. The average molecular weight is 451 g/mol. The van der Waals surface area contributed by atoms with Crippen LogP contribution in [0.25, 0.3) is 11.3 Å². The van der Waals surface area contributed by atoms with Gasteiger partial charge >= 0.3 is 0 Å². The Morgan fingerprint density at radius 3 is 2.38 bits per heavy atom. The molecule has 0 bridgehead atoms. The molecule has 2 heterocycles. The molecule has 2 aromatic carbocycles. The van der Waals surface area contributed by atoms with Crippen LogP contribution in [-0.4, -0.2) is 35.7 Å². The van der Waals surface area contributed by atoms with Crippen LogP contribution < -0.4 is 10.2 Å². The van der Waals surface area contributed by atoms with E-state index in [0.29, 0.717) is 29.2 Å². The van der Waals surface area contributed by atoms with Crippen molar-refractivity contribution in [3.05, 3.63) is 76.3 Å². The standard InChI is InChI=1S/C27H26N6O/c1-18-19(2)26(32-31-25(18)23-8-6-20(15-28)7-9-23)33-12-10-21(11-13-33)17-30-27(34)24-5-3-4-22(14-24)16-29/h3-9,14,21H,10-13,17H2,1-2H3,(H,30,34). The third-order valence-electron chi connectivity index (χ3n) is 6.50. The molecule has 170 valence electrons. The summed E-state index contributed by atoms with van der Waals surface area (Å²) in [6, 6.07) is 18.4. The van der Waals surface area contributed by atoms with Crippen LogP contribution in [-0.2, 0) is 0 Å². The van der Waals surface area contributed by atoms with Crippen molar-refractivity contribution < 1.29 is 4.79 Å². The summed E-state index contributed by atoms with van der Waals surface area (Å²) in [7, 11) is 0. The topological polar surface area (TPSA) is 106 Å². The van der Waals surface area contributed by atoms with Gasteiger partial charge in [0.15, 0.2) is 5.82 Å². The molecule has 0 aliphatic carbocycles. The molecule has 1 aromatic heterocycles. The fraction of sp³-hybridized carbons (Fsp3) is 0.296. The maximum Gasteiger partial charge on any atom is 0.251 e. The van der Waals surface area contributed by atoms with E-state index in [2.05, 4.69) is 46.4 Å². The van der Waals surface area contributed by atoms with Gasteiger partial charge in [-0.2, -0.15) is 10.5 Å². The number of hydrogen-bond acceptors (Lipinski definition) is 6. The number of amides is 1. The molecule has 34 heavy (non-hydrogen) atoms. The summed E-state index contributed by atoms with van der Waals surface area (Å²) < 4.78 is 0. The lowest BCUT2D eigenvalue weighted by Gasteiger charge is -2.33. The lowest BCUT2D eigenvalue weighted by atomic mass is 9.95. The highest BCUT2D eigenvalue weighted by atomic mass is 16.1. The molecule has 0 radical (unpaired) electrons. The van der Waals surface area contributed by atoms with Crippen LogP contribution >= 0.6 is 0 Å². The highest BCUT2D eigenvalue weighted by Gasteiger charge is 2.23. The molecule has 3 aromatic rings. The van der Waals surface area contributed by atoms with Crippen molar-refractivity contribution in [2.75, 3.05) is 24.5 Å². The number of nitriles is 2. The van der Waals surface area contributed by atoms with Gasteiger partial charge in [0, 0.05) is 30.8 Å². The number of anilines is 1. The zero-order chi connectivity index (χ0) is 24.1. The SMILES string of the molecule is Cc1c(-c2ccc(C#N)cc2)nnc(N2CCC(CNC(=O)c3cccc(C#N)c3)CC2)c1C. The fourth-order valence-electron chi connectivity index (χ4n) is 4.29. The third-order valence-corrected chi connectivity index (χ3v) is 6.50. The molecule has 0 atom stereocenters. The van der Waals surface area contributed by atoms with Gasteiger partial charge in [-0.3, -0.25) is 4.79 Å². The van der Waals surface area contributed by atoms with E-state index in [-0.39, 0.29) is 5.91 Å². The van der Waals surface area contributed by atoms with Gasteiger partial charge in [-0.15, -0.1) is 10.2 Å². The van der Waals surface area contributed by atoms with E-state index in [1.807, 2.05) is 12.1 Å². The Morgan fingerprint density at radius 1 is 1.00 bits per heavy atom. The summed E-state index contributed by atoms with van der Waals surface area (Å²) in [5.74, 6) is 1.16. The smallest absolute Gasteiger partial charge is 0.251 e. The van der Waals surface area contributed by atoms with E-state index in [1.165, 1.54) is 0 Å². The lowest BCUT2D eigenvalue weighted by molar-refractivity contribution is 0.0945. The van der Waals surface area contributed by atoms with Gasteiger partial charge < -0.3 is 10.2 Å². The van der Waals surface area contributed by atoms with Crippen molar-refractivity contribution in [2.45, 2.75) is 26.7 Å². The molecule has 4 rings (SSSR count). The van der Waals surface area contributed by atoms with Crippen LogP contribution in [0.4, 0.5) is 5.82 Å². The maximum atomic E-state index is 12.4. The highest BCUT2D eigenvalue weighted by molar-refractivity contribution is 5.94. The number of benzene rings is 2. The number of nitrogens with zero attached hydrogens (tertiary/aromatic N) is 5. The third kappa shape index (κ3) is 4.89. The maximum absolute atomic E-state index is 12.4. The summed E-state index contributed by atoms with van der Waals surface area (Å²) in [6.07, 6.45) is 1.91. The lowest BCUT2D eigenvalue weighted by Crippen LogP contribution is -2.39. The zero-order valence-electron chi connectivity index (χ0n) is 19.4. The van der Waals surface area contributed by atoms with Gasteiger partial charge in [0.2, 0.25) is 0 Å². The summed E-state index contributed by atoms with van der Waals surface area (Å²) in [5, 5.41) is 30.1. The molecule has 7 heteroatoms. The average Bonchev–Trinajstić information content (AvgIpc) is 2.89. The number of nitrogens with one attached hydrogen (secondary N) is 1. The van der Waals surface area contributed by atoms with Crippen LogP contribution in [0.2, 0.25) is 0 Å².